The van der Waals surface area contributed by atoms with Crippen molar-refractivity contribution in [2.24, 2.45) is 5.41 Å². The molecular formula is C20H25N5O4. The summed E-state index contributed by atoms with van der Waals surface area (Å²) in [5, 5.41) is 17.3. The van der Waals surface area contributed by atoms with Crippen molar-refractivity contribution in [1.29, 1.82) is 0 Å². The molecule has 9 heteroatoms. The molecule has 9 nitrogen and oxygen atoms in total. The normalized spacial score (nSPS) is 24.5. The van der Waals surface area contributed by atoms with E-state index in [4.69, 9.17) is 4.52 Å². The van der Waals surface area contributed by atoms with E-state index in [1.54, 1.807) is 29.4 Å². The zero-order valence-corrected chi connectivity index (χ0v) is 16.2. The predicted octanol–water partition coefficient (Wildman–Crippen LogP) is 0.944. The van der Waals surface area contributed by atoms with Gasteiger partial charge in [0.05, 0.1) is 11.5 Å². The van der Waals surface area contributed by atoms with Crippen molar-refractivity contribution in [3.8, 4) is 11.4 Å². The molecule has 29 heavy (non-hydrogen) atoms. The number of hydrogen-bond donors (Lipinski definition) is 2. The summed E-state index contributed by atoms with van der Waals surface area (Å²) < 4.78 is 5.27. The van der Waals surface area contributed by atoms with E-state index in [0.717, 1.165) is 12.0 Å². The Morgan fingerprint density at radius 3 is 3.00 bits per heavy atom. The highest BCUT2D eigenvalue weighted by Gasteiger charge is 2.50. The molecule has 0 saturated carbocycles. The lowest BCUT2D eigenvalue weighted by Crippen LogP contribution is -2.62. The Morgan fingerprint density at radius 2 is 2.21 bits per heavy atom. The molecule has 2 N–H and O–H groups in total. The fourth-order valence-corrected chi connectivity index (χ4v) is 4.18. The van der Waals surface area contributed by atoms with Gasteiger partial charge >= 0.3 is 0 Å². The molecule has 2 aromatic rings. The summed E-state index contributed by atoms with van der Waals surface area (Å²) in [7, 11) is 0. The standard InChI is InChI=1S/C20H25N5O4/c26-15-7-12-25(13-20(15)8-2-9-22-19(20)28)17(27)4-1-3-16-23-18(24-29-16)14-5-10-21-11-6-14/h5-6,10-11,15,26H,1-4,7-9,12-13H2,(H,22,28)/t15-,20-/m1/s1. The second-order valence-corrected chi connectivity index (χ2v) is 7.74. The molecule has 0 radical (unpaired) electrons. The number of aromatic nitrogens is 3. The van der Waals surface area contributed by atoms with Gasteiger partial charge in [-0.3, -0.25) is 14.6 Å². The lowest BCUT2D eigenvalue weighted by molar-refractivity contribution is -0.154. The van der Waals surface area contributed by atoms with Crippen LogP contribution in [0.25, 0.3) is 11.4 Å². The fraction of sp³-hybridized carbons (Fsp3) is 0.550. The number of likely N-dealkylation sites (tertiary alicyclic amines) is 1. The summed E-state index contributed by atoms with van der Waals surface area (Å²) >= 11 is 0. The van der Waals surface area contributed by atoms with Crippen LogP contribution < -0.4 is 5.32 Å². The van der Waals surface area contributed by atoms with E-state index >= 15 is 0 Å². The summed E-state index contributed by atoms with van der Waals surface area (Å²) in [5.74, 6) is 0.845. The fourth-order valence-electron chi connectivity index (χ4n) is 4.18. The minimum Gasteiger partial charge on any atom is -0.392 e. The van der Waals surface area contributed by atoms with Crippen molar-refractivity contribution in [3.63, 3.8) is 0 Å². The molecule has 0 bridgehead atoms. The Hall–Kier alpha value is -2.81. The number of piperidine rings is 2. The number of hydrogen-bond acceptors (Lipinski definition) is 7. The van der Waals surface area contributed by atoms with Gasteiger partial charge in [0.15, 0.2) is 0 Å². The van der Waals surface area contributed by atoms with Gasteiger partial charge in [-0.15, -0.1) is 0 Å². The summed E-state index contributed by atoms with van der Waals surface area (Å²) in [6.07, 6.45) is 5.92. The number of nitrogens with one attached hydrogen (secondary N) is 1. The summed E-state index contributed by atoms with van der Waals surface area (Å²) in [4.78, 5) is 35.2. The Bertz CT molecular complexity index is 871. The number of pyridine rings is 1. The molecule has 2 fully saturated rings. The van der Waals surface area contributed by atoms with Crippen molar-refractivity contribution in [2.75, 3.05) is 19.6 Å². The lowest BCUT2D eigenvalue weighted by Gasteiger charge is -2.46. The summed E-state index contributed by atoms with van der Waals surface area (Å²) in [6, 6.07) is 3.61. The van der Waals surface area contributed by atoms with Crippen molar-refractivity contribution in [3.05, 3.63) is 30.4 Å². The molecule has 0 unspecified atom stereocenters. The van der Waals surface area contributed by atoms with E-state index in [1.165, 1.54) is 0 Å². The molecule has 2 aliphatic heterocycles. The monoisotopic (exact) mass is 399 g/mol. The first-order valence-corrected chi connectivity index (χ1v) is 10.1. The molecule has 0 aliphatic carbocycles. The van der Waals surface area contributed by atoms with E-state index in [-0.39, 0.29) is 18.4 Å². The highest BCUT2D eigenvalue weighted by atomic mass is 16.5. The van der Waals surface area contributed by atoms with Gasteiger partial charge in [-0.05, 0) is 37.8 Å². The first-order chi connectivity index (χ1) is 14.1. The average molecular weight is 399 g/mol. The smallest absolute Gasteiger partial charge is 0.230 e. The van der Waals surface area contributed by atoms with Crippen LogP contribution in [0.3, 0.4) is 0 Å². The number of aliphatic hydroxyl groups is 1. The molecule has 2 saturated heterocycles. The Labute approximate surface area is 168 Å². The van der Waals surface area contributed by atoms with E-state index in [1.807, 2.05) is 0 Å². The van der Waals surface area contributed by atoms with Crippen LogP contribution in [0, 0.1) is 5.41 Å². The maximum absolute atomic E-state index is 12.7. The van der Waals surface area contributed by atoms with Crippen LogP contribution in [-0.2, 0) is 16.0 Å². The average Bonchev–Trinajstić information content (AvgIpc) is 3.21. The molecule has 0 aromatic carbocycles. The zero-order chi connectivity index (χ0) is 20.3. The van der Waals surface area contributed by atoms with Crippen LogP contribution in [0.2, 0.25) is 0 Å². The van der Waals surface area contributed by atoms with Crippen molar-refractivity contribution >= 4 is 11.8 Å². The van der Waals surface area contributed by atoms with Crippen LogP contribution >= 0.6 is 0 Å². The maximum Gasteiger partial charge on any atom is 0.230 e. The van der Waals surface area contributed by atoms with Crippen molar-refractivity contribution < 1.29 is 19.2 Å². The minimum atomic E-state index is -0.863. The molecule has 154 valence electrons. The van der Waals surface area contributed by atoms with Gasteiger partial charge in [-0.1, -0.05) is 5.16 Å². The van der Waals surface area contributed by atoms with Gasteiger partial charge in [0, 0.05) is 50.4 Å². The van der Waals surface area contributed by atoms with E-state index in [9.17, 15) is 14.7 Å². The Kier molecular flexibility index (Phi) is 5.57. The second kappa shape index (κ2) is 8.28. The molecule has 2 amide bonds. The largest absolute Gasteiger partial charge is 0.392 e. The first-order valence-electron chi connectivity index (χ1n) is 10.1. The van der Waals surface area contributed by atoms with Crippen LogP contribution in [0.1, 0.15) is 38.0 Å². The van der Waals surface area contributed by atoms with Gasteiger partial charge in [-0.25, -0.2) is 0 Å². The van der Waals surface area contributed by atoms with Gasteiger partial charge < -0.3 is 19.8 Å². The number of rotatable bonds is 5. The number of aryl methyl sites for hydroxylation is 1. The quantitative estimate of drug-likeness (QED) is 0.767. The molecule has 2 aliphatic rings. The third-order valence-electron chi connectivity index (χ3n) is 5.86. The minimum absolute atomic E-state index is 0.0106. The second-order valence-electron chi connectivity index (χ2n) is 7.74. The van der Waals surface area contributed by atoms with E-state index in [0.29, 0.717) is 56.9 Å². The van der Waals surface area contributed by atoms with Gasteiger partial charge in [0.2, 0.25) is 23.5 Å². The number of aliphatic hydroxyl groups excluding tert-OH is 1. The lowest BCUT2D eigenvalue weighted by atomic mass is 9.71. The maximum atomic E-state index is 12.7. The molecule has 2 atom stereocenters. The van der Waals surface area contributed by atoms with E-state index < -0.39 is 11.5 Å². The zero-order valence-electron chi connectivity index (χ0n) is 16.2. The number of carbonyl (C=O) groups excluding carboxylic acids is 2. The number of nitrogens with zero attached hydrogens (tertiary/aromatic N) is 4. The Balaban J connectivity index is 1.31. The van der Waals surface area contributed by atoms with Crippen molar-refractivity contribution in [2.45, 2.75) is 44.6 Å². The summed E-state index contributed by atoms with van der Waals surface area (Å²) in [6.45, 7) is 1.39. The molecule has 2 aromatic heterocycles. The Morgan fingerprint density at radius 1 is 1.38 bits per heavy atom. The number of amides is 2. The summed E-state index contributed by atoms with van der Waals surface area (Å²) in [5.41, 5.74) is -0.0352. The molecular weight excluding hydrogens is 374 g/mol. The third kappa shape index (κ3) is 4.00. The number of carbonyl (C=O) groups is 2. The van der Waals surface area contributed by atoms with Crippen LogP contribution in [0.4, 0.5) is 0 Å². The topological polar surface area (TPSA) is 121 Å². The van der Waals surface area contributed by atoms with Crippen molar-refractivity contribution in [1.82, 2.24) is 25.3 Å². The van der Waals surface area contributed by atoms with Gasteiger partial charge in [0.25, 0.3) is 0 Å². The van der Waals surface area contributed by atoms with Crippen LogP contribution in [0.5, 0.6) is 0 Å². The van der Waals surface area contributed by atoms with Gasteiger partial charge in [0.1, 0.15) is 0 Å². The third-order valence-corrected chi connectivity index (χ3v) is 5.86. The predicted molar refractivity (Wildman–Crippen MR) is 102 cm³/mol. The van der Waals surface area contributed by atoms with E-state index in [2.05, 4.69) is 20.4 Å². The SMILES string of the molecule is O=C(CCCc1nc(-c2ccncc2)no1)N1CC[C@@H](O)[C@@]2(CCCNC2=O)C1. The van der Waals surface area contributed by atoms with Crippen LogP contribution in [-0.4, -0.2) is 62.7 Å². The highest BCUT2D eigenvalue weighted by Crippen LogP contribution is 2.37. The van der Waals surface area contributed by atoms with Gasteiger partial charge in [-0.2, -0.15) is 4.98 Å². The molecule has 1 spiro atoms. The molecule has 4 rings (SSSR count). The molecule has 4 heterocycles. The highest BCUT2D eigenvalue weighted by molar-refractivity contribution is 5.86. The van der Waals surface area contributed by atoms with Crippen LogP contribution in [0.15, 0.2) is 29.0 Å². The first kappa shape index (κ1) is 19.5.